The molecular weight excluding hydrogens is 224 g/mol. The highest BCUT2D eigenvalue weighted by Gasteiger charge is 2.15. The molecule has 0 amide bonds. The van der Waals surface area contributed by atoms with Gasteiger partial charge in [-0.2, -0.15) is 0 Å². The number of aromatic nitrogens is 2. The van der Waals surface area contributed by atoms with Crippen molar-refractivity contribution in [3.8, 4) is 11.4 Å². The average Bonchev–Trinajstić information content (AvgIpc) is 2.76. The van der Waals surface area contributed by atoms with Gasteiger partial charge in [0.2, 0.25) is 0 Å². The molecule has 5 heteroatoms. The molecule has 2 aromatic rings. The van der Waals surface area contributed by atoms with E-state index < -0.39 is 11.6 Å². The summed E-state index contributed by atoms with van der Waals surface area (Å²) < 4.78 is 28.0. The smallest absolute Gasteiger partial charge is 0.159 e. The van der Waals surface area contributed by atoms with Gasteiger partial charge in [-0.15, -0.1) is 0 Å². The molecule has 1 N–H and O–H groups in total. The van der Waals surface area contributed by atoms with Crippen LogP contribution in [0.25, 0.3) is 11.4 Å². The van der Waals surface area contributed by atoms with Crippen LogP contribution in [0.2, 0.25) is 0 Å². The van der Waals surface area contributed by atoms with Crippen molar-refractivity contribution in [2.45, 2.75) is 13.0 Å². The van der Waals surface area contributed by atoms with Gasteiger partial charge in [-0.1, -0.05) is 0 Å². The number of nitrogens with one attached hydrogen (secondary N) is 1. The van der Waals surface area contributed by atoms with E-state index in [-0.39, 0.29) is 0 Å². The maximum absolute atomic E-state index is 13.2. The van der Waals surface area contributed by atoms with Crippen LogP contribution < -0.4 is 5.32 Å². The van der Waals surface area contributed by atoms with Crippen molar-refractivity contribution in [1.29, 1.82) is 0 Å². The molecule has 1 aliphatic heterocycles. The van der Waals surface area contributed by atoms with Crippen molar-refractivity contribution in [3.05, 3.63) is 36.0 Å². The molecule has 0 aliphatic carbocycles. The van der Waals surface area contributed by atoms with Gasteiger partial charge in [0.1, 0.15) is 11.6 Å². The fraction of sp³-hybridized carbons (Fsp3) is 0.250. The minimum absolute atomic E-state index is 0.596. The van der Waals surface area contributed by atoms with E-state index in [2.05, 4.69) is 10.3 Å². The topological polar surface area (TPSA) is 29.9 Å². The van der Waals surface area contributed by atoms with Gasteiger partial charge < -0.3 is 9.88 Å². The first kappa shape index (κ1) is 10.3. The Bertz CT molecular complexity index is 563. The van der Waals surface area contributed by atoms with Crippen molar-refractivity contribution < 1.29 is 8.78 Å². The SMILES string of the molecule is Fc1ccc(-c2ncc3n2CCCN3)cc1F. The number of nitrogens with zero attached hydrogens (tertiary/aromatic N) is 2. The molecule has 0 saturated carbocycles. The molecule has 0 unspecified atom stereocenters. The summed E-state index contributed by atoms with van der Waals surface area (Å²) in [4.78, 5) is 4.25. The molecule has 0 radical (unpaired) electrons. The van der Waals surface area contributed by atoms with Crippen LogP contribution in [0.15, 0.2) is 24.4 Å². The number of hydrogen-bond acceptors (Lipinski definition) is 2. The normalized spacial score (nSPS) is 14.2. The van der Waals surface area contributed by atoms with Gasteiger partial charge in [0, 0.05) is 18.7 Å². The molecule has 17 heavy (non-hydrogen) atoms. The number of halogens is 2. The van der Waals surface area contributed by atoms with E-state index in [0.717, 1.165) is 31.4 Å². The second-order valence-corrected chi connectivity index (χ2v) is 4.03. The fourth-order valence-electron chi connectivity index (χ4n) is 2.06. The highest BCUT2D eigenvalue weighted by Crippen LogP contribution is 2.26. The lowest BCUT2D eigenvalue weighted by molar-refractivity contribution is 0.509. The molecule has 0 atom stereocenters. The maximum atomic E-state index is 13.2. The maximum Gasteiger partial charge on any atom is 0.159 e. The summed E-state index contributed by atoms with van der Waals surface area (Å²) in [5, 5.41) is 3.21. The second-order valence-electron chi connectivity index (χ2n) is 4.03. The zero-order valence-corrected chi connectivity index (χ0v) is 9.08. The van der Waals surface area contributed by atoms with Crippen molar-refractivity contribution >= 4 is 5.82 Å². The molecule has 3 rings (SSSR count). The Kier molecular flexibility index (Phi) is 2.31. The van der Waals surface area contributed by atoms with Crippen LogP contribution in [0.3, 0.4) is 0 Å². The van der Waals surface area contributed by atoms with Gasteiger partial charge in [-0.25, -0.2) is 13.8 Å². The van der Waals surface area contributed by atoms with E-state index in [1.807, 2.05) is 4.57 Å². The third-order valence-corrected chi connectivity index (χ3v) is 2.90. The van der Waals surface area contributed by atoms with Crippen molar-refractivity contribution in [3.63, 3.8) is 0 Å². The molecule has 0 bridgehead atoms. The van der Waals surface area contributed by atoms with Crippen LogP contribution in [0.1, 0.15) is 6.42 Å². The minimum Gasteiger partial charge on any atom is -0.370 e. The molecule has 0 spiro atoms. The number of fused-ring (bicyclic) bond motifs is 1. The largest absolute Gasteiger partial charge is 0.370 e. The van der Waals surface area contributed by atoms with Crippen LogP contribution in [-0.4, -0.2) is 16.1 Å². The molecule has 3 nitrogen and oxygen atoms in total. The van der Waals surface area contributed by atoms with E-state index >= 15 is 0 Å². The third-order valence-electron chi connectivity index (χ3n) is 2.90. The first-order valence-corrected chi connectivity index (χ1v) is 5.50. The fourth-order valence-corrected chi connectivity index (χ4v) is 2.06. The lowest BCUT2D eigenvalue weighted by atomic mass is 10.2. The minimum atomic E-state index is -0.844. The molecular formula is C12H11F2N3. The Morgan fingerprint density at radius 2 is 2.12 bits per heavy atom. The summed E-state index contributed by atoms with van der Waals surface area (Å²) in [5.74, 6) is -0.0806. The molecule has 0 fully saturated rings. The number of imidazole rings is 1. The van der Waals surface area contributed by atoms with Gasteiger partial charge in [-0.3, -0.25) is 0 Å². The molecule has 1 aliphatic rings. The standard InChI is InChI=1S/C12H11F2N3/c13-9-3-2-8(6-10(9)14)12-16-7-11-15-4-1-5-17(11)12/h2-3,6-7,15H,1,4-5H2. The first-order valence-electron chi connectivity index (χ1n) is 5.50. The number of hydrogen-bond donors (Lipinski definition) is 1. The Morgan fingerprint density at radius 3 is 2.94 bits per heavy atom. The molecule has 1 aromatic heterocycles. The zero-order valence-electron chi connectivity index (χ0n) is 9.08. The molecule has 0 saturated heterocycles. The molecule has 88 valence electrons. The summed E-state index contributed by atoms with van der Waals surface area (Å²) in [6, 6.07) is 3.85. The van der Waals surface area contributed by atoms with Crippen LogP contribution in [-0.2, 0) is 6.54 Å². The van der Waals surface area contributed by atoms with Gasteiger partial charge in [-0.05, 0) is 24.6 Å². The van der Waals surface area contributed by atoms with E-state index in [1.165, 1.54) is 6.07 Å². The summed E-state index contributed by atoms with van der Waals surface area (Å²) in [6.45, 7) is 1.76. The first-order chi connectivity index (χ1) is 8.25. The van der Waals surface area contributed by atoms with Crippen LogP contribution in [0.5, 0.6) is 0 Å². The van der Waals surface area contributed by atoms with Gasteiger partial charge in [0.05, 0.1) is 6.20 Å². The van der Waals surface area contributed by atoms with E-state index in [0.29, 0.717) is 11.4 Å². The lowest BCUT2D eigenvalue weighted by Crippen LogP contribution is -2.17. The summed E-state index contributed by atoms with van der Waals surface area (Å²) >= 11 is 0. The average molecular weight is 235 g/mol. The van der Waals surface area contributed by atoms with Crippen LogP contribution in [0.4, 0.5) is 14.6 Å². The monoisotopic (exact) mass is 235 g/mol. The van der Waals surface area contributed by atoms with Crippen molar-refractivity contribution in [2.24, 2.45) is 0 Å². The van der Waals surface area contributed by atoms with Gasteiger partial charge in [0.25, 0.3) is 0 Å². The number of anilines is 1. The molecule has 1 aromatic carbocycles. The van der Waals surface area contributed by atoms with E-state index in [4.69, 9.17) is 0 Å². The Labute approximate surface area is 97.1 Å². The summed E-state index contributed by atoms with van der Waals surface area (Å²) in [6.07, 6.45) is 2.72. The van der Waals surface area contributed by atoms with Crippen molar-refractivity contribution in [2.75, 3.05) is 11.9 Å². The van der Waals surface area contributed by atoms with E-state index in [1.54, 1.807) is 12.3 Å². The van der Waals surface area contributed by atoms with Crippen LogP contribution >= 0.6 is 0 Å². The highest BCUT2D eigenvalue weighted by atomic mass is 19.2. The Hall–Kier alpha value is -1.91. The summed E-state index contributed by atoms with van der Waals surface area (Å²) in [7, 11) is 0. The third kappa shape index (κ3) is 1.67. The molecule has 2 heterocycles. The lowest BCUT2D eigenvalue weighted by Gasteiger charge is -2.18. The number of rotatable bonds is 1. The van der Waals surface area contributed by atoms with E-state index in [9.17, 15) is 8.78 Å². The Morgan fingerprint density at radius 1 is 1.24 bits per heavy atom. The predicted molar refractivity (Wildman–Crippen MR) is 60.7 cm³/mol. The zero-order chi connectivity index (χ0) is 11.8. The quantitative estimate of drug-likeness (QED) is 0.823. The number of benzene rings is 1. The predicted octanol–water partition coefficient (Wildman–Crippen LogP) is 2.64. The van der Waals surface area contributed by atoms with Crippen molar-refractivity contribution in [1.82, 2.24) is 9.55 Å². The van der Waals surface area contributed by atoms with Gasteiger partial charge >= 0.3 is 0 Å². The highest BCUT2D eigenvalue weighted by molar-refractivity contribution is 5.59. The second kappa shape index (κ2) is 3.84. The van der Waals surface area contributed by atoms with Crippen LogP contribution in [0, 0.1) is 11.6 Å². The van der Waals surface area contributed by atoms with Gasteiger partial charge in [0.15, 0.2) is 11.6 Å². The summed E-state index contributed by atoms with van der Waals surface area (Å²) in [5.41, 5.74) is 0.596. The Balaban J connectivity index is 2.09.